The molecule has 0 saturated heterocycles. The molecule has 4 aromatic heterocycles. The van der Waals surface area contributed by atoms with Gasteiger partial charge < -0.3 is 18.4 Å². The molecule has 0 aliphatic rings. The molecule has 6 heteroatoms. The minimum atomic E-state index is -2.09. The molecule has 0 saturated carbocycles. The van der Waals surface area contributed by atoms with Crippen LogP contribution in [0.2, 0.25) is 0 Å². The third-order valence-electron chi connectivity index (χ3n) is 11.4. The first kappa shape index (κ1) is 37.0. The molecule has 12 aromatic rings. The summed E-state index contributed by atoms with van der Waals surface area (Å²) < 4.78 is 36.3. The molecule has 0 N–H and O–H groups in total. The summed E-state index contributed by atoms with van der Waals surface area (Å²) in [5.74, 6) is 0.775. The van der Waals surface area contributed by atoms with E-state index in [2.05, 4.69) is 162 Å². The maximum absolute atomic E-state index is 7.23. The fourth-order valence-electron chi connectivity index (χ4n) is 8.45. The molecule has 0 spiro atoms. The number of rotatable bonds is 6. The molecule has 8 aromatic carbocycles. The molecular weight excluding hydrogens is 963 g/mol. The van der Waals surface area contributed by atoms with Crippen molar-refractivity contribution >= 4 is 43.9 Å². The Morgan fingerprint density at radius 3 is 1.92 bits per heavy atom. The van der Waals surface area contributed by atoms with Gasteiger partial charge in [0.05, 0.1) is 22.5 Å². The Morgan fingerprint density at radius 1 is 0.562 bits per heavy atom. The van der Waals surface area contributed by atoms with Crippen LogP contribution < -0.4 is 0 Å². The van der Waals surface area contributed by atoms with Crippen molar-refractivity contribution in [1.82, 2.24) is 14.5 Å². The molecular formula is C58H39IrN3O2-2. The number of aromatic nitrogens is 3. The van der Waals surface area contributed by atoms with Crippen LogP contribution in [0.3, 0.4) is 0 Å². The first-order valence-electron chi connectivity index (χ1n) is 22.3. The SMILES string of the molecule is Cc1cc(-c2ccccc2)c(-n2c(-c3[c-]oc4ccc(-c5ccc6oc7ccccc7c6c5)cc34)nc3ccccc32)c(-c2ccccc2)c1.[2H]C([2H])([2H])c1ccc(-c2[c-]cccc2)nc1.[Ir]. The second kappa shape index (κ2) is 17.3. The van der Waals surface area contributed by atoms with E-state index >= 15 is 0 Å². The van der Waals surface area contributed by atoms with Crippen molar-refractivity contribution in [1.29, 1.82) is 0 Å². The number of furan rings is 2. The van der Waals surface area contributed by atoms with Gasteiger partial charge in [-0.15, -0.1) is 35.9 Å². The fraction of sp³-hybridized carbons (Fsp3) is 0.0345. The van der Waals surface area contributed by atoms with E-state index < -0.39 is 6.85 Å². The molecule has 0 amide bonds. The second-order valence-electron chi connectivity index (χ2n) is 15.5. The number of benzene rings is 8. The van der Waals surface area contributed by atoms with Crippen LogP contribution in [-0.2, 0) is 20.1 Å². The molecule has 4 heterocycles. The van der Waals surface area contributed by atoms with Gasteiger partial charge in [-0.25, -0.2) is 0 Å². The van der Waals surface area contributed by atoms with E-state index in [9.17, 15) is 0 Å². The first-order valence-corrected chi connectivity index (χ1v) is 20.8. The van der Waals surface area contributed by atoms with E-state index in [1.807, 2.05) is 42.5 Å². The molecule has 5 nitrogen and oxygen atoms in total. The van der Waals surface area contributed by atoms with Crippen molar-refractivity contribution in [2.24, 2.45) is 0 Å². The molecule has 309 valence electrons. The zero-order valence-corrected chi connectivity index (χ0v) is 36.9. The molecule has 0 fully saturated rings. The molecule has 0 aliphatic heterocycles. The van der Waals surface area contributed by atoms with Crippen LogP contribution in [0.5, 0.6) is 0 Å². The van der Waals surface area contributed by atoms with Gasteiger partial charge >= 0.3 is 0 Å². The third-order valence-corrected chi connectivity index (χ3v) is 11.4. The van der Waals surface area contributed by atoms with Crippen molar-refractivity contribution in [3.05, 3.63) is 224 Å². The zero-order chi connectivity index (χ0) is 44.8. The number of fused-ring (bicyclic) bond motifs is 5. The summed E-state index contributed by atoms with van der Waals surface area (Å²) in [4.78, 5) is 9.43. The molecule has 0 unspecified atom stereocenters. The van der Waals surface area contributed by atoms with Gasteiger partial charge in [0, 0.05) is 64.2 Å². The van der Waals surface area contributed by atoms with Crippen molar-refractivity contribution in [2.45, 2.75) is 13.8 Å². The van der Waals surface area contributed by atoms with Crippen molar-refractivity contribution in [3.63, 3.8) is 0 Å². The molecule has 0 aliphatic carbocycles. The Balaban J connectivity index is 0.000000263. The van der Waals surface area contributed by atoms with E-state index in [4.69, 9.17) is 17.9 Å². The molecule has 0 bridgehead atoms. The van der Waals surface area contributed by atoms with Gasteiger partial charge in [0.25, 0.3) is 0 Å². The van der Waals surface area contributed by atoms with Crippen molar-refractivity contribution in [2.75, 3.05) is 0 Å². The van der Waals surface area contributed by atoms with Gasteiger partial charge in [-0.1, -0.05) is 138 Å². The number of pyridine rings is 1. The van der Waals surface area contributed by atoms with Crippen LogP contribution in [0.1, 0.15) is 15.2 Å². The Morgan fingerprint density at radius 2 is 1.22 bits per heavy atom. The van der Waals surface area contributed by atoms with E-state index in [0.29, 0.717) is 0 Å². The minimum absolute atomic E-state index is 0. The van der Waals surface area contributed by atoms with Gasteiger partial charge in [-0.3, -0.25) is 4.98 Å². The predicted molar refractivity (Wildman–Crippen MR) is 257 cm³/mol. The van der Waals surface area contributed by atoms with E-state index in [1.54, 1.807) is 18.2 Å². The van der Waals surface area contributed by atoms with Crippen LogP contribution in [0.15, 0.2) is 209 Å². The van der Waals surface area contributed by atoms with E-state index in [1.165, 1.54) is 11.8 Å². The normalized spacial score (nSPS) is 12.0. The number of imidazole rings is 1. The summed E-state index contributed by atoms with van der Waals surface area (Å²) >= 11 is 0. The summed E-state index contributed by atoms with van der Waals surface area (Å²) in [5, 5.41) is 3.16. The van der Waals surface area contributed by atoms with Crippen molar-refractivity contribution < 1.29 is 33.1 Å². The quantitative estimate of drug-likeness (QED) is 0.156. The summed E-state index contributed by atoms with van der Waals surface area (Å²) in [6.45, 7) is 0.0735. The number of para-hydroxylation sites is 3. The van der Waals surface area contributed by atoms with E-state index in [-0.39, 0.29) is 25.7 Å². The topological polar surface area (TPSA) is 57.0 Å². The number of aryl methyl sites for hydroxylation is 2. The number of nitrogens with zero attached hydrogens (tertiary/aromatic N) is 3. The maximum Gasteiger partial charge on any atom is 0.135 e. The second-order valence-corrected chi connectivity index (χ2v) is 15.5. The number of hydrogen-bond donors (Lipinski definition) is 0. The van der Waals surface area contributed by atoms with Crippen LogP contribution in [0.25, 0.3) is 106 Å². The van der Waals surface area contributed by atoms with E-state index in [0.717, 1.165) is 106 Å². The largest absolute Gasteiger partial charge is 0.557 e. The number of hydrogen-bond acceptors (Lipinski definition) is 4. The molecule has 1 radical (unpaired) electrons. The average molecular weight is 1010 g/mol. The minimum Gasteiger partial charge on any atom is -0.557 e. The smallest absolute Gasteiger partial charge is 0.135 e. The van der Waals surface area contributed by atoms with Gasteiger partial charge in [0.15, 0.2) is 0 Å². The average Bonchev–Trinajstić information content (AvgIpc) is 4.07. The zero-order valence-electron chi connectivity index (χ0n) is 37.5. The van der Waals surface area contributed by atoms with Crippen LogP contribution in [0.4, 0.5) is 0 Å². The summed E-state index contributed by atoms with van der Waals surface area (Å²) in [5.41, 5.74) is 16.1. The van der Waals surface area contributed by atoms with Crippen LogP contribution >= 0.6 is 0 Å². The Bertz CT molecular complexity index is 3630. The third kappa shape index (κ3) is 7.53. The standard InChI is InChI=1S/C46H29N2O2.C12H10N.Ir/c1-29-24-35(30-12-4-2-5-13-30)45(36(25-29)31-14-6-3-7-15-31)48-41-18-10-9-17-40(41)47-46(48)39-28-49-42-22-20-32(27-38(39)42)33-21-23-44-37(26-33)34-16-8-11-19-43(34)50-44;1-10-7-8-12(13-9-10)11-5-3-2-4-6-11;/h2-27H,1H3;2-5,7-9H,1H3;/q2*-1;/i;1D3;. The monoisotopic (exact) mass is 1010 g/mol. The van der Waals surface area contributed by atoms with Gasteiger partial charge in [0.1, 0.15) is 11.2 Å². The Labute approximate surface area is 388 Å². The van der Waals surface area contributed by atoms with Crippen LogP contribution in [-0.4, -0.2) is 14.5 Å². The predicted octanol–water partition coefficient (Wildman–Crippen LogP) is 15.3. The summed E-state index contributed by atoms with van der Waals surface area (Å²) in [7, 11) is 0. The van der Waals surface area contributed by atoms with Crippen LogP contribution in [0, 0.1) is 26.1 Å². The Kier molecular flexibility index (Phi) is 9.97. The molecule has 12 rings (SSSR count). The van der Waals surface area contributed by atoms with Gasteiger partial charge in [0.2, 0.25) is 0 Å². The molecule has 0 atom stereocenters. The van der Waals surface area contributed by atoms with Gasteiger partial charge in [-0.05, 0) is 95.3 Å². The first-order chi connectivity index (χ1) is 32.3. The fourth-order valence-corrected chi connectivity index (χ4v) is 8.45. The summed E-state index contributed by atoms with van der Waals surface area (Å²) in [6, 6.07) is 68.8. The maximum atomic E-state index is 7.23. The Hall–Kier alpha value is -7.63. The molecule has 64 heavy (non-hydrogen) atoms. The van der Waals surface area contributed by atoms with Gasteiger partial charge in [-0.2, -0.15) is 0 Å². The summed E-state index contributed by atoms with van der Waals surface area (Å²) in [6.07, 6.45) is 4.68. The van der Waals surface area contributed by atoms with Crippen molar-refractivity contribution in [3.8, 4) is 61.7 Å².